The van der Waals surface area contributed by atoms with E-state index in [1.165, 1.54) is 5.57 Å². The van der Waals surface area contributed by atoms with Gasteiger partial charge in [0.1, 0.15) is 15.4 Å². The van der Waals surface area contributed by atoms with Crippen molar-refractivity contribution in [1.82, 2.24) is 0 Å². The van der Waals surface area contributed by atoms with Crippen LogP contribution < -0.4 is 5.11 Å². The summed E-state index contributed by atoms with van der Waals surface area (Å²) in [7, 11) is 3.71. The summed E-state index contributed by atoms with van der Waals surface area (Å²) in [6, 6.07) is 0. The number of methoxy groups -OCH3 is 2. The highest BCUT2D eigenvalue weighted by molar-refractivity contribution is 6.39. The Morgan fingerprint density at radius 2 is 2.20 bits per heavy atom. The van der Waals surface area contributed by atoms with Gasteiger partial charge in [-0.1, -0.05) is 25.0 Å². The molecule has 112 valence electrons. The first kappa shape index (κ1) is 15.7. The second kappa shape index (κ2) is 5.99. The largest absolute Gasteiger partial charge is 0.550 e. The summed E-state index contributed by atoms with van der Waals surface area (Å²) >= 11 is 0. The Bertz CT molecular complexity index is 405. The topological polar surface area (TPSA) is 58.6 Å². The van der Waals surface area contributed by atoms with Crippen LogP contribution in [0.4, 0.5) is 0 Å². The van der Waals surface area contributed by atoms with E-state index in [1.54, 1.807) is 14.2 Å². The van der Waals surface area contributed by atoms with Crippen molar-refractivity contribution < 1.29 is 19.4 Å². The number of hydrogen-bond acceptors (Lipinski definition) is 4. The van der Waals surface area contributed by atoms with E-state index in [0.717, 1.165) is 19.3 Å². The molecule has 0 amide bonds. The van der Waals surface area contributed by atoms with Crippen LogP contribution in [0.1, 0.15) is 33.1 Å². The normalized spacial score (nSPS) is 33.5. The molecule has 0 N–H and O–H groups in total. The average Bonchev–Trinajstić information content (AvgIpc) is 2.95. The van der Waals surface area contributed by atoms with Crippen LogP contribution in [-0.4, -0.2) is 35.6 Å². The molecule has 0 aromatic rings. The van der Waals surface area contributed by atoms with Gasteiger partial charge in [-0.3, -0.25) is 0 Å². The van der Waals surface area contributed by atoms with Crippen molar-refractivity contribution >= 4 is 15.5 Å². The highest BCUT2D eigenvalue weighted by atomic mass is 28.2. The number of fused-ring (bicyclic) bond motifs is 2. The smallest absolute Gasteiger partial charge is 0.136 e. The standard InChI is InChI=1S/C15H24O4Si/c1-5-12(20-14(18-3)19-4)15-7-9(2)10(8-15)6-11(15)13(16)17/h7,10-12,14H,5-6,8H2,1-4H3,(H,16,17)/p-1. The van der Waals surface area contributed by atoms with E-state index >= 15 is 0 Å². The van der Waals surface area contributed by atoms with Crippen molar-refractivity contribution in [3.63, 3.8) is 0 Å². The van der Waals surface area contributed by atoms with Gasteiger partial charge in [0.2, 0.25) is 0 Å². The fourth-order valence-electron chi connectivity index (χ4n) is 4.06. The first-order valence-electron chi connectivity index (χ1n) is 7.20. The Labute approximate surface area is 123 Å². The lowest BCUT2D eigenvalue weighted by Crippen LogP contribution is -2.44. The summed E-state index contributed by atoms with van der Waals surface area (Å²) in [6.07, 6.45) is 4.83. The van der Waals surface area contributed by atoms with E-state index in [4.69, 9.17) is 9.47 Å². The molecule has 4 atom stereocenters. The molecule has 2 aliphatic rings. The second-order valence-electron chi connectivity index (χ2n) is 5.94. The molecule has 4 unspecified atom stereocenters. The van der Waals surface area contributed by atoms with Crippen LogP contribution in [0.2, 0.25) is 5.54 Å². The minimum absolute atomic E-state index is 0.245. The van der Waals surface area contributed by atoms with Gasteiger partial charge in [-0.2, -0.15) is 0 Å². The molecule has 20 heavy (non-hydrogen) atoms. The van der Waals surface area contributed by atoms with Gasteiger partial charge in [-0.05, 0) is 36.6 Å². The Balaban J connectivity index is 2.27. The van der Waals surface area contributed by atoms with Gasteiger partial charge in [0.05, 0.1) is 0 Å². The van der Waals surface area contributed by atoms with Gasteiger partial charge in [0, 0.05) is 26.1 Å². The summed E-state index contributed by atoms with van der Waals surface area (Å²) in [5.41, 5.74) is 1.37. The lowest BCUT2D eigenvalue weighted by molar-refractivity contribution is -0.314. The third kappa shape index (κ3) is 2.47. The summed E-state index contributed by atoms with van der Waals surface area (Å²) in [5, 5.41) is 11.5. The number of carbonyl (C=O) groups is 1. The molecule has 0 saturated heterocycles. The van der Waals surface area contributed by atoms with Crippen LogP contribution in [0.15, 0.2) is 11.6 Å². The van der Waals surface area contributed by atoms with Crippen LogP contribution in [0.3, 0.4) is 0 Å². The summed E-state index contributed by atoms with van der Waals surface area (Å²) in [6.45, 7) is 4.24. The molecule has 0 spiro atoms. The van der Waals surface area contributed by atoms with Crippen LogP contribution in [0, 0.1) is 17.3 Å². The Morgan fingerprint density at radius 1 is 1.55 bits per heavy atom. The molecule has 1 fully saturated rings. The van der Waals surface area contributed by atoms with Gasteiger partial charge in [-0.25, -0.2) is 0 Å². The maximum absolute atomic E-state index is 11.5. The predicted octanol–water partition coefficient (Wildman–Crippen LogP) is 1.19. The minimum Gasteiger partial charge on any atom is -0.550 e. The second-order valence-corrected chi connectivity index (χ2v) is 7.44. The Kier molecular flexibility index (Phi) is 4.72. The number of carbonyl (C=O) groups excluding carboxylic acids is 1. The van der Waals surface area contributed by atoms with Crippen LogP contribution in [-0.2, 0) is 14.3 Å². The first-order valence-corrected chi connectivity index (χ1v) is 8.35. The van der Waals surface area contributed by atoms with Gasteiger partial charge in [0.25, 0.3) is 0 Å². The monoisotopic (exact) mass is 295 g/mol. The Hall–Kier alpha value is -0.653. The molecule has 2 bridgehead atoms. The molecule has 5 heteroatoms. The SMILES string of the molecule is CCC([Si]C(OC)OC)C12C=C(C)C(CC1C(=O)[O-])C2. The van der Waals surface area contributed by atoms with Gasteiger partial charge in [-0.15, -0.1) is 0 Å². The van der Waals surface area contributed by atoms with Crippen LogP contribution in [0.5, 0.6) is 0 Å². The zero-order valence-corrected chi connectivity index (χ0v) is 13.6. The molecule has 4 nitrogen and oxygen atoms in total. The van der Waals surface area contributed by atoms with E-state index in [-0.39, 0.29) is 22.8 Å². The maximum atomic E-state index is 11.5. The number of allylic oxidation sites excluding steroid dienone is 2. The zero-order valence-electron chi connectivity index (χ0n) is 12.6. The molecule has 2 radical (unpaired) electrons. The third-order valence-electron chi connectivity index (χ3n) is 5.02. The third-order valence-corrected chi connectivity index (χ3v) is 7.11. The number of ether oxygens (including phenoxy) is 2. The molecule has 0 aromatic carbocycles. The lowest BCUT2D eigenvalue weighted by atomic mass is 9.73. The van der Waals surface area contributed by atoms with E-state index in [2.05, 4.69) is 19.9 Å². The number of carboxylic acid groups (broad SMARTS) is 1. The highest BCUT2D eigenvalue weighted by Gasteiger charge is 2.55. The predicted molar refractivity (Wildman–Crippen MR) is 75.0 cm³/mol. The number of hydrogen-bond donors (Lipinski definition) is 0. The average molecular weight is 295 g/mol. The molecule has 0 aromatic heterocycles. The zero-order chi connectivity index (χ0) is 14.9. The fraction of sp³-hybridized carbons (Fsp3) is 0.800. The van der Waals surface area contributed by atoms with Gasteiger partial charge >= 0.3 is 0 Å². The van der Waals surface area contributed by atoms with E-state index < -0.39 is 5.97 Å². The summed E-state index contributed by atoms with van der Waals surface area (Å²) in [4.78, 5) is 11.5. The lowest BCUT2D eigenvalue weighted by Gasteiger charge is -2.41. The van der Waals surface area contributed by atoms with Crippen LogP contribution >= 0.6 is 0 Å². The molecular formula is C15H23O4Si-. The molecule has 1 saturated carbocycles. The number of aliphatic carboxylic acids is 1. The van der Waals surface area contributed by atoms with Gasteiger partial charge in [0.15, 0.2) is 0 Å². The molecule has 2 aliphatic carbocycles. The maximum Gasteiger partial charge on any atom is 0.136 e. The van der Waals surface area contributed by atoms with Crippen molar-refractivity contribution in [1.29, 1.82) is 0 Å². The van der Waals surface area contributed by atoms with E-state index in [1.807, 2.05) is 0 Å². The number of carboxylic acids is 1. The number of rotatable bonds is 7. The van der Waals surface area contributed by atoms with Crippen molar-refractivity contribution in [2.75, 3.05) is 14.2 Å². The van der Waals surface area contributed by atoms with E-state index in [0.29, 0.717) is 15.4 Å². The quantitative estimate of drug-likeness (QED) is 0.402. The first-order chi connectivity index (χ1) is 9.48. The summed E-state index contributed by atoms with van der Waals surface area (Å²) in [5.74, 6) is -1.08. The van der Waals surface area contributed by atoms with Crippen molar-refractivity contribution in [3.8, 4) is 0 Å². The van der Waals surface area contributed by atoms with E-state index in [9.17, 15) is 9.90 Å². The van der Waals surface area contributed by atoms with Crippen molar-refractivity contribution in [2.24, 2.45) is 17.3 Å². The van der Waals surface area contributed by atoms with Crippen molar-refractivity contribution in [2.45, 2.75) is 44.6 Å². The van der Waals surface area contributed by atoms with Gasteiger partial charge < -0.3 is 19.4 Å². The van der Waals surface area contributed by atoms with Crippen LogP contribution in [0.25, 0.3) is 0 Å². The molecular weight excluding hydrogens is 272 g/mol. The molecule has 2 rings (SSSR count). The van der Waals surface area contributed by atoms with Crippen molar-refractivity contribution in [3.05, 3.63) is 11.6 Å². The molecule has 0 aliphatic heterocycles. The summed E-state index contributed by atoms with van der Waals surface area (Å²) < 4.78 is 10.6. The fourth-order valence-corrected chi connectivity index (χ4v) is 5.60. The highest BCUT2D eigenvalue weighted by Crippen LogP contribution is 2.62. The Morgan fingerprint density at radius 3 is 2.65 bits per heavy atom. The molecule has 0 heterocycles. The minimum atomic E-state index is -0.897.